The van der Waals surface area contributed by atoms with Gasteiger partial charge in [-0.05, 0) is 36.1 Å². The summed E-state index contributed by atoms with van der Waals surface area (Å²) in [4.78, 5) is 27.7. The van der Waals surface area contributed by atoms with Crippen LogP contribution in [-0.2, 0) is 22.6 Å². The fourth-order valence-electron chi connectivity index (χ4n) is 3.13. The zero-order valence-electron chi connectivity index (χ0n) is 17.0. The van der Waals surface area contributed by atoms with Crippen LogP contribution < -0.4 is 5.32 Å². The van der Waals surface area contributed by atoms with E-state index in [0.717, 1.165) is 24.0 Å². The highest BCUT2D eigenvalue weighted by Gasteiger charge is 2.29. The zero-order chi connectivity index (χ0) is 21.2. The molecule has 29 heavy (non-hydrogen) atoms. The van der Waals surface area contributed by atoms with Crippen LogP contribution in [0.3, 0.4) is 0 Å². The van der Waals surface area contributed by atoms with E-state index in [2.05, 4.69) is 12.2 Å². The SMILES string of the molecule is CCCCNC(=O)[C@@H](CC)N(Cc1ccc(Cl)cc1Cl)C(=O)Cc1ccccc1. The first-order valence-corrected chi connectivity index (χ1v) is 10.8. The van der Waals surface area contributed by atoms with Crippen LogP contribution in [0.25, 0.3) is 0 Å². The van der Waals surface area contributed by atoms with Crippen LogP contribution in [0.15, 0.2) is 48.5 Å². The number of carbonyl (C=O) groups excluding carboxylic acids is 2. The molecule has 0 aliphatic carbocycles. The molecule has 0 saturated carbocycles. The first-order valence-electron chi connectivity index (χ1n) is 10.0. The van der Waals surface area contributed by atoms with Crippen molar-refractivity contribution < 1.29 is 9.59 Å². The van der Waals surface area contributed by atoms with Gasteiger partial charge in [0, 0.05) is 23.1 Å². The maximum Gasteiger partial charge on any atom is 0.242 e. The second kappa shape index (κ2) is 11.8. The fraction of sp³-hybridized carbons (Fsp3) is 0.391. The standard InChI is InChI=1S/C23H28Cl2N2O2/c1-3-5-13-26-23(29)21(4-2)27(16-18-11-12-19(24)15-20(18)25)22(28)14-17-9-7-6-8-10-17/h6-12,15,21H,3-5,13-14,16H2,1-2H3,(H,26,29)/t21-/m1/s1. The molecule has 0 radical (unpaired) electrons. The first-order chi connectivity index (χ1) is 14.0. The van der Waals surface area contributed by atoms with Gasteiger partial charge < -0.3 is 10.2 Å². The summed E-state index contributed by atoms with van der Waals surface area (Å²) < 4.78 is 0. The third-order valence-corrected chi connectivity index (χ3v) is 5.36. The van der Waals surface area contributed by atoms with Crippen LogP contribution in [0.1, 0.15) is 44.2 Å². The van der Waals surface area contributed by atoms with Gasteiger partial charge in [-0.25, -0.2) is 0 Å². The van der Waals surface area contributed by atoms with E-state index in [-0.39, 0.29) is 24.8 Å². The van der Waals surface area contributed by atoms with E-state index in [4.69, 9.17) is 23.2 Å². The van der Waals surface area contributed by atoms with Gasteiger partial charge in [0.2, 0.25) is 11.8 Å². The van der Waals surface area contributed by atoms with Gasteiger partial charge in [-0.3, -0.25) is 9.59 Å². The predicted molar refractivity (Wildman–Crippen MR) is 119 cm³/mol. The van der Waals surface area contributed by atoms with Crippen molar-refractivity contribution in [2.24, 2.45) is 0 Å². The molecule has 0 fully saturated rings. The van der Waals surface area contributed by atoms with E-state index in [1.54, 1.807) is 23.1 Å². The molecule has 0 saturated heterocycles. The number of nitrogens with zero attached hydrogens (tertiary/aromatic N) is 1. The molecule has 4 nitrogen and oxygen atoms in total. The van der Waals surface area contributed by atoms with Gasteiger partial charge in [-0.15, -0.1) is 0 Å². The minimum atomic E-state index is -0.560. The molecule has 2 rings (SSSR count). The summed E-state index contributed by atoms with van der Waals surface area (Å²) in [6, 6.07) is 14.2. The fourth-order valence-corrected chi connectivity index (χ4v) is 3.60. The van der Waals surface area contributed by atoms with Crippen molar-refractivity contribution in [2.75, 3.05) is 6.54 Å². The van der Waals surface area contributed by atoms with Gasteiger partial charge in [0.1, 0.15) is 6.04 Å². The van der Waals surface area contributed by atoms with Crippen molar-refractivity contribution in [3.05, 3.63) is 69.7 Å². The number of rotatable bonds is 10. The van der Waals surface area contributed by atoms with Gasteiger partial charge >= 0.3 is 0 Å². The van der Waals surface area contributed by atoms with E-state index in [9.17, 15) is 9.59 Å². The van der Waals surface area contributed by atoms with Crippen molar-refractivity contribution in [1.29, 1.82) is 0 Å². The minimum Gasteiger partial charge on any atom is -0.354 e. The lowest BCUT2D eigenvalue weighted by Crippen LogP contribution is -2.49. The Kier molecular flexibility index (Phi) is 9.49. The van der Waals surface area contributed by atoms with Crippen molar-refractivity contribution >= 4 is 35.0 Å². The second-order valence-electron chi connectivity index (χ2n) is 6.99. The molecule has 0 unspecified atom stereocenters. The van der Waals surface area contributed by atoms with E-state index in [0.29, 0.717) is 23.0 Å². The number of unbranched alkanes of at least 4 members (excludes halogenated alkanes) is 1. The average molecular weight is 435 g/mol. The molecular formula is C23H28Cl2N2O2. The number of nitrogens with one attached hydrogen (secondary N) is 1. The number of carbonyl (C=O) groups is 2. The Balaban J connectivity index is 2.27. The molecule has 0 aliphatic rings. The van der Waals surface area contributed by atoms with Crippen molar-refractivity contribution in [3.63, 3.8) is 0 Å². The number of amides is 2. The molecule has 1 N–H and O–H groups in total. The molecule has 1 atom stereocenters. The Morgan fingerprint density at radius 3 is 2.41 bits per heavy atom. The van der Waals surface area contributed by atoms with E-state index >= 15 is 0 Å². The molecule has 0 aliphatic heterocycles. The molecular weight excluding hydrogens is 407 g/mol. The summed E-state index contributed by atoms with van der Waals surface area (Å²) in [6.07, 6.45) is 2.64. The average Bonchev–Trinajstić information content (AvgIpc) is 2.70. The van der Waals surface area contributed by atoms with Crippen LogP contribution in [0.2, 0.25) is 10.0 Å². The van der Waals surface area contributed by atoms with E-state index in [1.807, 2.05) is 37.3 Å². The van der Waals surface area contributed by atoms with Crippen LogP contribution >= 0.6 is 23.2 Å². The molecule has 0 bridgehead atoms. The summed E-state index contributed by atoms with van der Waals surface area (Å²) in [5, 5.41) is 3.97. The van der Waals surface area contributed by atoms with Gasteiger partial charge in [0.15, 0.2) is 0 Å². The quantitative estimate of drug-likeness (QED) is 0.518. The summed E-state index contributed by atoms with van der Waals surface area (Å²) in [5.41, 5.74) is 1.67. The zero-order valence-corrected chi connectivity index (χ0v) is 18.5. The highest BCUT2D eigenvalue weighted by Crippen LogP contribution is 2.24. The first kappa shape index (κ1) is 23.2. The molecule has 0 spiro atoms. The van der Waals surface area contributed by atoms with E-state index in [1.165, 1.54) is 0 Å². The second-order valence-corrected chi connectivity index (χ2v) is 7.83. The Morgan fingerprint density at radius 2 is 1.79 bits per heavy atom. The maximum absolute atomic E-state index is 13.2. The number of benzene rings is 2. The van der Waals surface area contributed by atoms with Crippen molar-refractivity contribution in [1.82, 2.24) is 10.2 Å². The Labute approximate surface area is 183 Å². The summed E-state index contributed by atoms with van der Waals surface area (Å²) in [7, 11) is 0. The smallest absolute Gasteiger partial charge is 0.242 e. The van der Waals surface area contributed by atoms with E-state index < -0.39 is 6.04 Å². The number of halogens is 2. The highest BCUT2D eigenvalue weighted by atomic mass is 35.5. The third-order valence-electron chi connectivity index (χ3n) is 4.77. The van der Waals surface area contributed by atoms with Gasteiger partial charge in [-0.1, -0.05) is 79.9 Å². The highest BCUT2D eigenvalue weighted by molar-refractivity contribution is 6.35. The molecule has 0 aromatic heterocycles. The lowest BCUT2D eigenvalue weighted by Gasteiger charge is -2.31. The van der Waals surface area contributed by atoms with Crippen LogP contribution in [0, 0.1) is 0 Å². The van der Waals surface area contributed by atoms with Gasteiger partial charge in [0.05, 0.1) is 6.42 Å². The number of hydrogen-bond acceptors (Lipinski definition) is 2. The summed E-state index contributed by atoms with van der Waals surface area (Å²) in [5.74, 6) is -0.243. The van der Waals surface area contributed by atoms with Gasteiger partial charge in [0.25, 0.3) is 0 Å². The maximum atomic E-state index is 13.2. The Bertz CT molecular complexity index is 812. The van der Waals surface area contributed by atoms with Crippen molar-refractivity contribution in [3.8, 4) is 0 Å². The monoisotopic (exact) mass is 434 g/mol. The molecule has 0 heterocycles. The minimum absolute atomic E-state index is 0.111. The van der Waals surface area contributed by atoms with Crippen LogP contribution in [-0.4, -0.2) is 29.3 Å². The van der Waals surface area contributed by atoms with Crippen molar-refractivity contribution in [2.45, 2.75) is 52.1 Å². The summed E-state index contributed by atoms with van der Waals surface area (Å²) in [6.45, 7) is 4.84. The topological polar surface area (TPSA) is 49.4 Å². The molecule has 2 aromatic rings. The number of hydrogen-bond donors (Lipinski definition) is 1. The van der Waals surface area contributed by atoms with Crippen LogP contribution in [0.4, 0.5) is 0 Å². The summed E-state index contributed by atoms with van der Waals surface area (Å²) >= 11 is 12.4. The molecule has 156 valence electrons. The lowest BCUT2D eigenvalue weighted by atomic mass is 10.1. The Hall–Kier alpha value is -2.04. The lowest BCUT2D eigenvalue weighted by molar-refractivity contribution is -0.140. The molecule has 6 heteroatoms. The third kappa shape index (κ3) is 7.06. The predicted octanol–water partition coefficient (Wildman–Crippen LogP) is 5.26. The van der Waals surface area contributed by atoms with Crippen LogP contribution in [0.5, 0.6) is 0 Å². The largest absolute Gasteiger partial charge is 0.354 e. The van der Waals surface area contributed by atoms with Gasteiger partial charge in [-0.2, -0.15) is 0 Å². The molecule has 2 aromatic carbocycles. The normalized spacial score (nSPS) is 11.7. The molecule has 2 amide bonds. The Morgan fingerprint density at radius 1 is 1.07 bits per heavy atom.